The standard InChI is InChI=1S/C8H10FN3.2C2H6/c1-6-2-10-8(11-3-6)12-4-7(9)5-12;2*1-2/h2-3,7H,4-5H2,1H3;2*1-2H3. The van der Waals surface area contributed by atoms with Crippen LogP contribution in [0.1, 0.15) is 33.3 Å². The SMILES string of the molecule is CC.CC.Cc1cnc(N2CC(F)C2)nc1. The van der Waals surface area contributed by atoms with Gasteiger partial charge in [0.05, 0.1) is 13.1 Å². The molecule has 0 aliphatic carbocycles. The zero-order valence-corrected chi connectivity index (χ0v) is 10.9. The number of aryl methyl sites for hydroxylation is 1. The van der Waals surface area contributed by atoms with E-state index in [0.717, 1.165) is 5.56 Å². The Kier molecular flexibility index (Phi) is 7.42. The van der Waals surface area contributed by atoms with E-state index in [-0.39, 0.29) is 0 Å². The monoisotopic (exact) mass is 227 g/mol. The van der Waals surface area contributed by atoms with Gasteiger partial charge in [-0.1, -0.05) is 27.7 Å². The molecule has 16 heavy (non-hydrogen) atoms. The third kappa shape index (κ3) is 4.13. The summed E-state index contributed by atoms with van der Waals surface area (Å²) in [5.74, 6) is 0.634. The van der Waals surface area contributed by atoms with E-state index in [2.05, 4.69) is 9.97 Å². The van der Waals surface area contributed by atoms with Gasteiger partial charge < -0.3 is 4.90 Å². The summed E-state index contributed by atoms with van der Waals surface area (Å²) in [5, 5.41) is 0. The van der Waals surface area contributed by atoms with Crippen LogP contribution < -0.4 is 4.90 Å². The van der Waals surface area contributed by atoms with Gasteiger partial charge in [0, 0.05) is 12.4 Å². The fourth-order valence-electron chi connectivity index (χ4n) is 1.14. The van der Waals surface area contributed by atoms with Crippen LogP contribution in [0.15, 0.2) is 12.4 Å². The van der Waals surface area contributed by atoms with Crippen molar-refractivity contribution in [2.24, 2.45) is 0 Å². The Hall–Kier alpha value is -1.19. The Balaban J connectivity index is 0.000000509. The second-order valence-electron chi connectivity index (χ2n) is 3.06. The van der Waals surface area contributed by atoms with Crippen molar-refractivity contribution in [3.8, 4) is 0 Å². The van der Waals surface area contributed by atoms with E-state index in [1.165, 1.54) is 0 Å². The van der Waals surface area contributed by atoms with Gasteiger partial charge in [-0.05, 0) is 12.5 Å². The maximum atomic E-state index is 12.4. The lowest BCUT2D eigenvalue weighted by Crippen LogP contribution is -2.49. The molecule has 0 radical (unpaired) electrons. The zero-order valence-electron chi connectivity index (χ0n) is 10.9. The van der Waals surface area contributed by atoms with Crippen LogP contribution in [0, 0.1) is 6.92 Å². The molecule has 0 spiro atoms. The summed E-state index contributed by atoms with van der Waals surface area (Å²) in [6, 6.07) is 0. The zero-order chi connectivity index (χ0) is 12.6. The van der Waals surface area contributed by atoms with Crippen molar-refractivity contribution in [2.45, 2.75) is 40.8 Å². The van der Waals surface area contributed by atoms with Gasteiger partial charge in [0.1, 0.15) is 6.17 Å². The molecule has 0 bridgehead atoms. The molecule has 1 aromatic heterocycles. The molecule has 92 valence electrons. The van der Waals surface area contributed by atoms with Crippen molar-refractivity contribution in [2.75, 3.05) is 18.0 Å². The highest BCUT2D eigenvalue weighted by molar-refractivity contribution is 5.34. The molecule has 3 nitrogen and oxygen atoms in total. The fourth-order valence-corrected chi connectivity index (χ4v) is 1.14. The van der Waals surface area contributed by atoms with Crippen molar-refractivity contribution >= 4 is 5.95 Å². The van der Waals surface area contributed by atoms with Gasteiger partial charge in [0.15, 0.2) is 0 Å². The largest absolute Gasteiger partial charge is 0.335 e. The number of nitrogens with zero attached hydrogens (tertiary/aromatic N) is 3. The number of halogens is 1. The van der Waals surface area contributed by atoms with Gasteiger partial charge in [-0.15, -0.1) is 0 Å². The van der Waals surface area contributed by atoms with Crippen LogP contribution in [0.25, 0.3) is 0 Å². The lowest BCUT2D eigenvalue weighted by atomic mass is 10.2. The topological polar surface area (TPSA) is 29.0 Å². The van der Waals surface area contributed by atoms with Crippen molar-refractivity contribution < 1.29 is 4.39 Å². The normalized spacial score (nSPS) is 14.0. The quantitative estimate of drug-likeness (QED) is 0.738. The summed E-state index contributed by atoms with van der Waals surface area (Å²) in [7, 11) is 0. The van der Waals surface area contributed by atoms with Crippen LogP contribution in [0.3, 0.4) is 0 Å². The summed E-state index contributed by atoms with van der Waals surface area (Å²) < 4.78 is 12.4. The first kappa shape index (κ1) is 14.8. The van der Waals surface area contributed by atoms with Crippen molar-refractivity contribution in [1.29, 1.82) is 0 Å². The smallest absolute Gasteiger partial charge is 0.225 e. The molecule has 0 N–H and O–H groups in total. The van der Waals surface area contributed by atoms with Crippen LogP contribution in [0.5, 0.6) is 0 Å². The first-order chi connectivity index (χ1) is 7.75. The molecular formula is C12H22FN3. The molecule has 0 atom stereocenters. The Bertz CT molecular complexity index is 268. The molecule has 1 fully saturated rings. The fraction of sp³-hybridized carbons (Fsp3) is 0.667. The lowest BCUT2D eigenvalue weighted by molar-refractivity contribution is 0.272. The molecular weight excluding hydrogens is 205 g/mol. The summed E-state index contributed by atoms with van der Waals surface area (Å²) >= 11 is 0. The summed E-state index contributed by atoms with van der Waals surface area (Å²) in [4.78, 5) is 9.99. The van der Waals surface area contributed by atoms with Crippen LogP contribution in [0.2, 0.25) is 0 Å². The van der Waals surface area contributed by atoms with E-state index in [9.17, 15) is 4.39 Å². The molecule has 0 aromatic carbocycles. The predicted molar refractivity (Wildman–Crippen MR) is 66.6 cm³/mol. The Morgan fingerprint density at radius 3 is 1.94 bits per heavy atom. The molecule has 0 saturated carbocycles. The van der Waals surface area contributed by atoms with E-state index < -0.39 is 6.17 Å². The molecule has 0 unspecified atom stereocenters. The molecule has 2 rings (SSSR count). The maximum absolute atomic E-state index is 12.4. The van der Waals surface area contributed by atoms with Gasteiger partial charge in [-0.2, -0.15) is 0 Å². The Morgan fingerprint density at radius 2 is 1.56 bits per heavy atom. The van der Waals surface area contributed by atoms with Gasteiger partial charge >= 0.3 is 0 Å². The Labute approximate surface area is 97.7 Å². The number of rotatable bonds is 1. The summed E-state index contributed by atoms with van der Waals surface area (Å²) in [6.07, 6.45) is 2.79. The highest BCUT2D eigenvalue weighted by atomic mass is 19.1. The average molecular weight is 227 g/mol. The second-order valence-corrected chi connectivity index (χ2v) is 3.06. The molecule has 1 aliphatic rings. The van der Waals surface area contributed by atoms with Crippen LogP contribution in [-0.2, 0) is 0 Å². The van der Waals surface area contributed by atoms with Crippen LogP contribution in [0.4, 0.5) is 10.3 Å². The van der Waals surface area contributed by atoms with E-state index >= 15 is 0 Å². The molecule has 2 heterocycles. The highest BCUT2D eigenvalue weighted by Crippen LogP contribution is 2.17. The van der Waals surface area contributed by atoms with E-state index in [0.29, 0.717) is 19.0 Å². The van der Waals surface area contributed by atoms with Crippen LogP contribution >= 0.6 is 0 Å². The number of hydrogen-bond acceptors (Lipinski definition) is 3. The minimum Gasteiger partial charge on any atom is -0.335 e. The molecule has 0 amide bonds. The van der Waals surface area contributed by atoms with Gasteiger partial charge in [0.25, 0.3) is 0 Å². The van der Waals surface area contributed by atoms with Gasteiger partial charge in [-0.25, -0.2) is 14.4 Å². The van der Waals surface area contributed by atoms with E-state index in [4.69, 9.17) is 0 Å². The molecule has 1 aromatic rings. The Morgan fingerprint density at radius 1 is 1.12 bits per heavy atom. The first-order valence-corrected chi connectivity index (χ1v) is 5.93. The van der Waals surface area contributed by atoms with Gasteiger partial charge in [0.2, 0.25) is 5.95 Å². The second kappa shape index (κ2) is 8.02. The first-order valence-electron chi connectivity index (χ1n) is 5.93. The van der Waals surface area contributed by atoms with E-state index in [1.54, 1.807) is 12.4 Å². The van der Waals surface area contributed by atoms with Crippen molar-refractivity contribution in [3.63, 3.8) is 0 Å². The van der Waals surface area contributed by atoms with Crippen LogP contribution in [-0.4, -0.2) is 29.2 Å². The lowest BCUT2D eigenvalue weighted by Gasteiger charge is -2.34. The summed E-state index contributed by atoms with van der Waals surface area (Å²) in [6.45, 7) is 10.8. The maximum Gasteiger partial charge on any atom is 0.225 e. The molecule has 1 aliphatic heterocycles. The number of anilines is 1. The number of aromatic nitrogens is 2. The minimum absolute atomic E-state index is 0.434. The van der Waals surface area contributed by atoms with E-state index in [1.807, 2.05) is 39.5 Å². The average Bonchev–Trinajstić information content (AvgIpc) is 2.32. The highest BCUT2D eigenvalue weighted by Gasteiger charge is 2.27. The molecule has 1 saturated heterocycles. The predicted octanol–water partition coefficient (Wildman–Crippen LogP) is 3.00. The number of hydrogen-bond donors (Lipinski definition) is 0. The van der Waals surface area contributed by atoms with Crippen molar-refractivity contribution in [3.05, 3.63) is 18.0 Å². The third-order valence-electron chi connectivity index (χ3n) is 1.89. The summed E-state index contributed by atoms with van der Waals surface area (Å²) in [5.41, 5.74) is 1.02. The third-order valence-corrected chi connectivity index (χ3v) is 1.89. The van der Waals surface area contributed by atoms with Crippen molar-refractivity contribution in [1.82, 2.24) is 9.97 Å². The van der Waals surface area contributed by atoms with Gasteiger partial charge in [-0.3, -0.25) is 0 Å². The number of alkyl halides is 1. The molecule has 4 heteroatoms. The minimum atomic E-state index is -0.699.